The van der Waals surface area contributed by atoms with Crippen molar-refractivity contribution in [3.8, 4) is 0 Å². The Bertz CT molecular complexity index is 707. The smallest absolute Gasteiger partial charge is 0.354 e. The average Bonchev–Trinajstić information content (AvgIpc) is 3.39. The van der Waals surface area contributed by atoms with Crippen LogP contribution < -0.4 is 0 Å². The van der Waals surface area contributed by atoms with Crippen molar-refractivity contribution >= 4 is 17.7 Å². The number of hydrogen-bond acceptors (Lipinski definition) is 5. The summed E-state index contributed by atoms with van der Waals surface area (Å²) in [5.41, 5.74) is 0.0555. The minimum Gasteiger partial charge on any atom is -0.477 e. The van der Waals surface area contributed by atoms with Crippen LogP contribution in [0.4, 0.5) is 0 Å². The van der Waals surface area contributed by atoms with Gasteiger partial charge in [-0.25, -0.2) is 9.78 Å². The summed E-state index contributed by atoms with van der Waals surface area (Å²) < 4.78 is 2.25. The molecule has 2 fully saturated rings. The molecule has 2 aliphatic rings. The van der Waals surface area contributed by atoms with Crippen LogP contribution >= 0.6 is 11.8 Å². The molecule has 21 heavy (non-hydrogen) atoms. The Morgan fingerprint density at radius 1 is 1.29 bits per heavy atom. The molecule has 1 N–H and O–H groups in total. The number of carboxylic acids is 1. The second-order valence-electron chi connectivity index (χ2n) is 5.50. The van der Waals surface area contributed by atoms with Crippen LogP contribution in [-0.2, 0) is 0 Å². The lowest BCUT2D eigenvalue weighted by molar-refractivity contribution is 0.0690. The number of carbonyl (C=O) groups is 1. The highest BCUT2D eigenvalue weighted by molar-refractivity contribution is 7.99. The lowest BCUT2D eigenvalue weighted by atomic mass is 10.3. The zero-order valence-corrected chi connectivity index (χ0v) is 12.1. The van der Waals surface area contributed by atoms with Crippen molar-refractivity contribution in [2.45, 2.75) is 47.7 Å². The number of pyridine rings is 1. The first-order valence-corrected chi connectivity index (χ1v) is 7.86. The fourth-order valence-corrected chi connectivity index (χ4v) is 3.28. The molecule has 2 aliphatic carbocycles. The fourth-order valence-electron chi connectivity index (χ4n) is 2.35. The highest BCUT2D eigenvalue weighted by atomic mass is 32.2. The predicted octanol–water partition coefficient (Wildman–Crippen LogP) is 2.73. The number of nitrogens with zero attached hydrogens (tertiary/aromatic N) is 4. The summed E-state index contributed by atoms with van der Waals surface area (Å²) in [5.74, 6) is 0.659. The molecule has 2 aromatic rings. The Morgan fingerprint density at radius 2 is 2.10 bits per heavy atom. The number of hydrogen-bond donors (Lipinski definition) is 1. The van der Waals surface area contributed by atoms with Gasteiger partial charge in [0.05, 0.1) is 0 Å². The fraction of sp³-hybridized carbons (Fsp3) is 0.429. The van der Waals surface area contributed by atoms with Gasteiger partial charge in [0.15, 0.2) is 5.16 Å². The molecule has 2 aromatic heterocycles. The second-order valence-corrected chi connectivity index (χ2v) is 6.54. The molecular formula is C14H14N4O2S. The van der Waals surface area contributed by atoms with Crippen molar-refractivity contribution in [2.24, 2.45) is 0 Å². The third-order valence-electron chi connectivity index (χ3n) is 3.71. The number of aromatic nitrogens is 4. The number of carboxylic acid groups (broad SMARTS) is 1. The molecule has 0 radical (unpaired) electrons. The molecule has 7 heteroatoms. The molecule has 0 unspecified atom stereocenters. The first kappa shape index (κ1) is 12.8. The molecule has 0 aromatic carbocycles. The predicted molar refractivity (Wildman–Crippen MR) is 75.6 cm³/mol. The highest BCUT2D eigenvalue weighted by Gasteiger charge is 2.36. The standard InChI is InChI=1S/C14H14N4O2S/c19-13(20)11-7-10(5-6-15-11)21-14-17-16-12(8-1-2-8)18(14)9-3-4-9/h5-9H,1-4H2,(H,19,20). The number of aromatic carboxylic acids is 1. The van der Waals surface area contributed by atoms with Crippen LogP contribution in [0.15, 0.2) is 28.4 Å². The van der Waals surface area contributed by atoms with Crippen LogP contribution in [0.3, 0.4) is 0 Å². The van der Waals surface area contributed by atoms with Gasteiger partial charge < -0.3 is 9.67 Å². The van der Waals surface area contributed by atoms with Gasteiger partial charge in [0.2, 0.25) is 0 Å². The molecule has 108 valence electrons. The zero-order valence-electron chi connectivity index (χ0n) is 11.3. The maximum absolute atomic E-state index is 11.0. The molecular weight excluding hydrogens is 288 g/mol. The van der Waals surface area contributed by atoms with E-state index in [1.165, 1.54) is 43.6 Å². The topological polar surface area (TPSA) is 80.9 Å². The van der Waals surface area contributed by atoms with Crippen LogP contribution in [-0.4, -0.2) is 30.8 Å². The maximum Gasteiger partial charge on any atom is 0.354 e. The normalized spacial score (nSPS) is 17.9. The molecule has 4 rings (SSSR count). The van der Waals surface area contributed by atoms with Crippen molar-refractivity contribution in [3.63, 3.8) is 0 Å². The van der Waals surface area contributed by atoms with E-state index in [1.807, 2.05) is 0 Å². The largest absolute Gasteiger partial charge is 0.477 e. The molecule has 0 saturated heterocycles. The van der Waals surface area contributed by atoms with Crippen LogP contribution in [0.25, 0.3) is 0 Å². The van der Waals surface area contributed by atoms with E-state index in [0.29, 0.717) is 12.0 Å². The lowest BCUT2D eigenvalue weighted by Gasteiger charge is -2.08. The van der Waals surface area contributed by atoms with Gasteiger partial charge in [-0.1, -0.05) is 0 Å². The third kappa shape index (κ3) is 2.53. The van der Waals surface area contributed by atoms with Crippen molar-refractivity contribution in [3.05, 3.63) is 29.8 Å². The van der Waals surface area contributed by atoms with Gasteiger partial charge in [-0.3, -0.25) is 0 Å². The van der Waals surface area contributed by atoms with Gasteiger partial charge in [-0.2, -0.15) is 0 Å². The summed E-state index contributed by atoms with van der Waals surface area (Å²) in [6.45, 7) is 0. The Hall–Kier alpha value is -1.89. The zero-order chi connectivity index (χ0) is 14.4. The van der Waals surface area contributed by atoms with E-state index in [4.69, 9.17) is 5.11 Å². The third-order valence-corrected chi connectivity index (χ3v) is 4.66. The SMILES string of the molecule is O=C(O)c1cc(Sc2nnc(C3CC3)n2C2CC2)ccn1. The van der Waals surface area contributed by atoms with E-state index in [2.05, 4.69) is 19.7 Å². The van der Waals surface area contributed by atoms with E-state index in [-0.39, 0.29) is 5.69 Å². The monoisotopic (exact) mass is 302 g/mol. The molecule has 2 heterocycles. The van der Waals surface area contributed by atoms with Crippen LogP contribution in [0, 0.1) is 0 Å². The van der Waals surface area contributed by atoms with Gasteiger partial charge in [0.1, 0.15) is 11.5 Å². The van der Waals surface area contributed by atoms with Gasteiger partial charge in [-0.05, 0) is 49.6 Å². The van der Waals surface area contributed by atoms with Crippen LogP contribution in [0.1, 0.15) is 54.0 Å². The van der Waals surface area contributed by atoms with Gasteiger partial charge in [0, 0.05) is 23.1 Å². The first-order chi connectivity index (χ1) is 10.2. The van der Waals surface area contributed by atoms with Crippen molar-refractivity contribution < 1.29 is 9.90 Å². The minimum absolute atomic E-state index is 0.0555. The first-order valence-electron chi connectivity index (χ1n) is 7.04. The highest BCUT2D eigenvalue weighted by Crippen LogP contribution is 2.46. The molecule has 2 saturated carbocycles. The van der Waals surface area contributed by atoms with E-state index >= 15 is 0 Å². The minimum atomic E-state index is -1.01. The average molecular weight is 302 g/mol. The van der Waals surface area contributed by atoms with Crippen molar-refractivity contribution in [1.82, 2.24) is 19.7 Å². The summed E-state index contributed by atoms with van der Waals surface area (Å²) in [5, 5.41) is 18.5. The Morgan fingerprint density at radius 3 is 2.76 bits per heavy atom. The van der Waals surface area contributed by atoms with Crippen molar-refractivity contribution in [1.29, 1.82) is 0 Å². The molecule has 6 nitrogen and oxygen atoms in total. The molecule has 0 spiro atoms. The van der Waals surface area contributed by atoms with Crippen LogP contribution in [0.5, 0.6) is 0 Å². The quantitative estimate of drug-likeness (QED) is 0.914. The summed E-state index contributed by atoms with van der Waals surface area (Å²) in [7, 11) is 0. The molecule has 0 amide bonds. The maximum atomic E-state index is 11.0. The lowest BCUT2D eigenvalue weighted by Crippen LogP contribution is -2.02. The van der Waals surface area contributed by atoms with E-state index in [1.54, 1.807) is 12.1 Å². The van der Waals surface area contributed by atoms with Gasteiger partial charge in [0.25, 0.3) is 0 Å². The van der Waals surface area contributed by atoms with Crippen LogP contribution in [0.2, 0.25) is 0 Å². The Kier molecular flexibility index (Phi) is 2.95. The Balaban J connectivity index is 1.65. The molecule has 0 aliphatic heterocycles. The summed E-state index contributed by atoms with van der Waals surface area (Å²) in [6, 6.07) is 3.91. The van der Waals surface area contributed by atoms with Gasteiger partial charge >= 0.3 is 5.97 Å². The van der Waals surface area contributed by atoms with E-state index in [9.17, 15) is 4.79 Å². The van der Waals surface area contributed by atoms with Gasteiger partial charge in [-0.15, -0.1) is 10.2 Å². The van der Waals surface area contributed by atoms with Crippen molar-refractivity contribution in [2.75, 3.05) is 0 Å². The Labute approximate surface area is 125 Å². The van der Waals surface area contributed by atoms with E-state index in [0.717, 1.165) is 15.9 Å². The number of rotatable bonds is 5. The summed E-state index contributed by atoms with van der Waals surface area (Å²) >= 11 is 1.47. The second kappa shape index (κ2) is 4.84. The summed E-state index contributed by atoms with van der Waals surface area (Å²) in [4.78, 5) is 15.7. The van der Waals surface area contributed by atoms with E-state index < -0.39 is 5.97 Å². The summed E-state index contributed by atoms with van der Waals surface area (Å²) in [6.07, 6.45) is 6.29. The molecule has 0 bridgehead atoms. The molecule has 0 atom stereocenters.